The van der Waals surface area contributed by atoms with E-state index >= 15 is 0 Å². The highest BCUT2D eigenvalue weighted by Crippen LogP contribution is 2.20. The average Bonchev–Trinajstić information content (AvgIpc) is 2.71. The number of furan rings is 1. The molecule has 106 valence electrons. The summed E-state index contributed by atoms with van der Waals surface area (Å²) < 4.78 is 5.25. The number of aromatic carboxylic acids is 1. The van der Waals surface area contributed by atoms with E-state index in [2.05, 4.69) is 23.9 Å². The number of likely N-dealkylation sites (tertiary alicyclic amines) is 1. The van der Waals surface area contributed by atoms with Crippen LogP contribution in [0.5, 0.6) is 0 Å². The largest absolute Gasteiger partial charge is 0.475 e. The molecule has 1 aliphatic rings. The summed E-state index contributed by atoms with van der Waals surface area (Å²) in [5.74, 6) is -0.274. The zero-order chi connectivity index (χ0) is 14.0. The van der Waals surface area contributed by atoms with Crippen LogP contribution >= 0.6 is 0 Å². The maximum atomic E-state index is 10.9. The van der Waals surface area contributed by atoms with Crippen LogP contribution in [-0.2, 0) is 6.54 Å². The van der Waals surface area contributed by atoms with Gasteiger partial charge in [0, 0.05) is 24.7 Å². The lowest BCUT2D eigenvalue weighted by atomic mass is 10.0. The fourth-order valence-electron chi connectivity index (χ4n) is 2.68. The van der Waals surface area contributed by atoms with Gasteiger partial charge >= 0.3 is 5.97 Å². The van der Waals surface area contributed by atoms with Gasteiger partial charge in [-0.2, -0.15) is 0 Å². The third-order valence-corrected chi connectivity index (χ3v) is 3.87. The van der Waals surface area contributed by atoms with Crippen molar-refractivity contribution in [2.75, 3.05) is 27.2 Å². The van der Waals surface area contributed by atoms with Crippen molar-refractivity contribution in [3.05, 3.63) is 23.2 Å². The van der Waals surface area contributed by atoms with Crippen LogP contribution < -0.4 is 0 Å². The van der Waals surface area contributed by atoms with Gasteiger partial charge in [0.15, 0.2) is 0 Å². The lowest BCUT2D eigenvalue weighted by molar-refractivity contribution is 0.0661. The predicted octanol–water partition coefficient (Wildman–Crippen LogP) is 1.81. The minimum Gasteiger partial charge on any atom is -0.475 e. The van der Waals surface area contributed by atoms with Crippen molar-refractivity contribution in [2.24, 2.45) is 0 Å². The second-order valence-corrected chi connectivity index (χ2v) is 5.47. The van der Waals surface area contributed by atoms with Gasteiger partial charge in [0.1, 0.15) is 5.76 Å². The molecule has 1 saturated heterocycles. The van der Waals surface area contributed by atoms with Gasteiger partial charge in [-0.25, -0.2) is 4.79 Å². The highest BCUT2D eigenvalue weighted by atomic mass is 16.4. The molecular weight excluding hydrogens is 244 g/mol. The molecule has 0 amide bonds. The number of hydrogen-bond donors (Lipinski definition) is 1. The second-order valence-electron chi connectivity index (χ2n) is 5.47. The number of aryl methyl sites for hydroxylation is 1. The van der Waals surface area contributed by atoms with Gasteiger partial charge in [-0.15, -0.1) is 0 Å². The van der Waals surface area contributed by atoms with Crippen molar-refractivity contribution < 1.29 is 14.3 Å². The van der Waals surface area contributed by atoms with Crippen molar-refractivity contribution in [1.82, 2.24) is 9.80 Å². The maximum absolute atomic E-state index is 10.9. The molecule has 1 unspecified atom stereocenters. The molecule has 0 aromatic carbocycles. The van der Waals surface area contributed by atoms with Gasteiger partial charge in [0.05, 0.1) is 0 Å². The highest BCUT2D eigenvalue weighted by Gasteiger charge is 2.22. The van der Waals surface area contributed by atoms with E-state index in [0.29, 0.717) is 11.8 Å². The molecule has 0 aliphatic carbocycles. The number of carboxylic acids is 1. The van der Waals surface area contributed by atoms with Gasteiger partial charge in [-0.1, -0.05) is 0 Å². The minimum atomic E-state index is -1.01. The van der Waals surface area contributed by atoms with E-state index in [4.69, 9.17) is 9.52 Å². The monoisotopic (exact) mass is 266 g/mol. The number of nitrogens with zero attached hydrogens (tertiary/aromatic N) is 2. The predicted molar refractivity (Wildman–Crippen MR) is 72.4 cm³/mol. The molecular formula is C14H22N2O3. The molecule has 1 aliphatic heterocycles. The molecule has 1 fully saturated rings. The van der Waals surface area contributed by atoms with Crippen molar-refractivity contribution in [1.29, 1.82) is 0 Å². The van der Waals surface area contributed by atoms with Crippen LogP contribution in [0.1, 0.15) is 34.7 Å². The van der Waals surface area contributed by atoms with Crippen LogP contribution in [0.25, 0.3) is 0 Å². The Labute approximate surface area is 113 Å². The average molecular weight is 266 g/mol. The van der Waals surface area contributed by atoms with E-state index in [1.54, 1.807) is 6.07 Å². The molecule has 0 spiro atoms. The van der Waals surface area contributed by atoms with E-state index in [1.807, 2.05) is 6.92 Å². The Morgan fingerprint density at radius 3 is 2.95 bits per heavy atom. The van der Waals surface area contributed by atoms with E-state index in [-0.39, 0.29) is 5.76 Å². The van der Waals surface area contributed by atoms with Gasteiger partial charge in [0.2, 0.25) is 5.76 Å². The molecule has 5 nitrogen and oxygen atoms in total. The number of carbonyl (C=O) groups is 1. The van der Waals surface area contributed by atoms with Gasteiger partial charge in [-0.3, -0.25) is 4.90 Å². The molecule has 0 saturated carbocycles. The fraction of sp³-hybridized carbons (Fsp3) is 0.643. The van der Waals surface area contributed by atoms with E-state index in [0.717, 1.165) is 25.2 Å². The molecule has 0 bridgehead atoms. The summed E-state index contributed by atoms with van der Waals surface area (Å²) in [7, 11) is 4.24. The molecule has 1 atom stereocenters. The smallest absolute Gasteiger partial charge is 0.371 e. The third kappa shape index (κ3) is 3.36. The van der Waals surface area contributed by atoms with Crippen LogP contribution in [0.3, 0.4) is 0 Å². The molecule has 2 rings (SSSR count). The van der Waals surface area contributed by atoms with E-state index in [9.17, 15) is 4.79 Å². The highest BCUT2D eigenvalue weighted by molar-refractivity contribution is 5.84. The normalized spacial score (nSPS) is 20.9. The second kappa shape index (κ2) is 5.75. The Kier molecular flexibility index (Phi) is 4.27. The molecule has 1 aromatic rings. The molecule has 1 N–H and O–H groups in total. The number of carboxylic acid groups (broad SMARTS) is 1. The SMILES string of the molecule is Cc1oc(C(=O)O)cc1CN(C)C1CCCN(C)C1. The van der Waals surface area contributed by atoms with Gasteiger partial charge in [0.25, 0.3) is 0 Å². The number of likely N-dealkylation sites (N-methyl/N-ethyl adjacent to an activating group) is 2. The van der Waals surface area contributed by atoms with Crippen molar-refractivity contribution in [3.63, 3.8) is 0 Å². The van der Waals surface area contributed by atoms with Crippen LogP contribution in [0.4, 0.5) is 0 Å². The fourth-order valence-corrected chi connectivity index (χ4v) is 2.68. The van der Waals surface area contributed by atoms with Crippen LogP contribution in [0.15, 0.2) is 10.5 Å². The third-order valence-electron chi connectivity index (χ3n) is 3.87. The van der Waals surface area contributed by atoms with Gasteiger partial charge in [-0.05, 0) is 46.5 Å². The number of piperidine rings is 1. The molecule has 19 heavy (non-hydrogen) atoms. The number of hydrogen-bond acceptors (Lipinski definition) is 4. The lowest BCUT2D eigenvalue weighted by Gasteiger charge is -2.35. The Hall–Kier alpha value is -1.33. The van der Waals surface area contributed by atoms with Crippen LogP contribution in [0, 0.1) is 6.92 Å². The van der Waals surface area contributed by atoms with Crippen molar-refractivity contribution in [3.8, 4) is 0 Å². The zero-order valence-corrected chi connectivity index (χ0v) is 11.8. The first-order valence-corrected chi connectivity index (χ1v) is 6.68. The van der Waals surface area contributed by atoms with Crippen molar-refractivity contribution in [2.45, 2.75) is 32.4 Å². The molecule has 5 heteroatoms. The number of rotatable bonds is 4. The Bertz CT molecular complexity index is 456. The Morgan fingerprint density at radius 1 is 1.63 bits per heavy atom. The summed E-state index contributed by atoms with van der Waals surface area (Å²) in [6.07, 6.45) is 2.42. The summed E-state index contributed by atoms with van der Waals surface area (Å²) in [5.41, 5.74) is 0.966. The first-order valence-electron chi connectivity index (χ1n) is 6.68. The summed E-state index contributed by atoms with van der Waals surface area (Å²) in [6, 6.07) is 2.17. The molecule has 0 radical (unpaired) electrons. The van der Waals surface area contributed by atoms with Crippen LogP contribution in [-0.4, -0.2) is 54.1 Å². The molecule has 2 heterocycles. The topological polar surface area (TPSA) is 56.9 Å². The Balaban J connectivity index is 2.01. The summed E-state index contributed by atoms with van der Waals surface area (Å²) in [6.45, 7) is 4.79. The van der Waals surface area contributed by atoms with Crippen molar-refractivity contribution >= 4 is 5.97 Å². The summed E-state index contributed by atoms with van der Waals surface area (Å²) in [4.78, 5) is 15.5. The van der Waals surface area contributed by atoms with Gasteiger partial charge < -0.3 is 14.4 Å². The summed E-state index contributed by atoms with van der Waals surface area (Å²) >= 11 is 0. The first kappa shape index (κ1) is 14.1. The zero-order valence-electron chi connectivity index (χ0n) is 11.8. The standard InChI is InChI=1S/C14H22N2O3/c1-10-11(7-13(19-10)14(17)18)8-16(3)12-5-4-6-15(2)9-12/h7,12H,4-6,8-9H2,1-3H3,(H,17,18). The minimum absolute atomic E-state index is 0.0293. The van der Waals surface area contributed by atoms with E-state index < -0.39 is 5.97 Å². The lowest BCUT2D eigenvalue weighted by Crippen LogP contribution is -2.44. The summed E-state index contributed by atoms with van der Waals surface area (Å²) in [5, 5.41) is 8.93. The Morgan fingerprint density at radius 2 is 2.37 bits per heavy atom. The quantitative estimate of drug-likeness (QED) is 0.900. The van der Waals surface area contributed by atoms with Crippen LogP contribution in [0.2, 0.25) is 0 Å². The van der Waals surface area contributed by atoms with E-state index in [1.165, 1.54) is 12.8 Å². The molecule has 1 aromatic heterocycles. The first-order chi connectivity index (χ1) is 8.97. The maximum Gasteiger partial charge on any atom is 0.371 e.